The summed E-state index contributed by atoms with van der Waals surface area (Å²) in [6.07, 6.45) is 18.1. The van der Waals surface area contributed by atoms with Crippen molar-refractivity contribution in [3.8, 4) is 0 Å². The van der Waals surface area contributed by atoms with Gasteiger partial charge in [0.05, 0.1) is 6.42 Å². The number of carboxylic acid groups (broad SMARTS) is 1. The maximum atomic E-state index is 11.4. The van der Waals surface area contributed by atoms with Crippen molar-refractivity contribution in [1.82, 2.24) is 0 Å². The van der Waals surface area contributed by atoms with Gasteiger partial charge in [0.2, 0.25) is 0 Å². The molecule has 2 aromatic rings. The van der Waals surface area contributed by atoms with Crippen molar-refractivity contribution in [3.63, 3.8) is 0 Å². The molecule has 1 N–H and O–H groups in total. The third-order valence-electron chi connectivity index (χ3n) is 9.66. The lowest BCUT2D eigenvalue weighted by molar-refractivity contribution is -0.138. The number of allylic oxidation sites excluding steroid dienone is 5. The summed E-state index contributed by atoms with van der Waals surface area (Å²) in [4.78, 5) is 11.4. The van der Waals surface area contributed by atoms with Crippen molar-refractivity contribution in [1.29, 1.82) is 0 Å². The first-order valence-corrected chi connectivity index (χ1v) is 14.6. The van der Waals surface area contributed by atoms with Crippen LogP contribution in [0.2, 0.25) is 0 Å². The summed E-state index contributed by atoms with van der Waals surface area (Å²) in [5.74, 6) is 0.105. The Morgan fingerprint density at radius 2 is 1.68 bits per heavy atom. The van der Waals surface area contributed by atoms with Gasteiger partial charge < -0.3 is 5.11 Å². The lowest BCUT2D eigenvalue weighted by atomic mass is 9.69. The minimum atomic E-state index is -0.747. The lowest BCUT2D eigenvalue weighted by Gasteiger charge is -2.34. The van der Waals surface area contributed by atoms with Gasteiger partial charge in [-0.15, -0.1) is 0 Å². The van der Waals surface area contributed by atoms with Crippen molar-refractivity contribution in [2.24, 2.45) is 16.7 Å². The highest BCUT2D eigenvalue weighted by atomic mass is 16.4. The van der Waals surface area contributed by atoms with Crippen molar-refractivity contribution in [3.05, 3.63) is 94.6 Å². The van der Waals surface area contributed by atoms with Crippen LogP contribution in [0.5, 0.6) is 0 Å². The summed E-state index contributed by atoms with van der Waals surface area (Å²) in [7, 11) is 0. The lowest BCUT2D eigenvalue weighted by Crippen LogP contribution is -2.26. The number of aliphatic carboxylic acids is 1. The van der Waals surface area contributed by atoms with Crippen molar-refractivity contribution < 1.29 is 9.90 Å². The van der Waals surface area contributed by atoms with Crippen LogP contribution in [0.25, 0.3) is 11.6 Å². The Balaban J connectivity index is 1.61. The molecule has 0 aromatic heterocycles. The van der Waals surface area contributed by atoms with Crippen molar-refractivity contribution in [2.75, 3.05) is 0 Å². The third-order valence-corrected chi connectivity index (χ3v) is 9.66. The molecule has 0 bridgehead atoms. The van der Waals surface area contributed by atoms with Crippen LogP contribution in [-0.2, 0) is 10.2 Å². The third kappa shape index (κ3) is 5.75. The zero-order valence-corrected chi connectivity index (χ0v) is 24.3. The monoisotopic (exact) mass is 510 g/mol. The van der Waals surface area contributed by atoms with Crippen LogP contribution < -0.4 is 0 Å². The molecule has 38 heavy (non-hydrogen) atoms. The highest BCUT2D eigenvalue weighted by molar-refractivity contribution is 5.77. The number of hydrogen-bond donors (Lipinski definition) is 1. The summed E-state index contributed by atoms with van der Waals surface area (Å²) in [6.45, 7) is 13.6. The molecule has 2 atom stereocenters. The van der Waals surface area contributed by atoms with Gasteiger partial charge in [-0.3, -0.25) is 4.79 Å². The Kier molecular flexibility index (Phi) is 8.21. The first-order valence-electron chi connectivity index (χ1n) is 14.6. The number of aryl methyl sites for hydroxylation is 1. The molecule has 2 heteroatoms. The molecule has 0 heterocycles. The van der Waals surface area contributed by atoms with Gasteiger partial charge in [-0.2, -0.15) is 0 Å². The predicted molar refractivity (Wildman–Crippen MR) is 161 cm³/mol. The van der Waals surface area contributed by atoms with E-state index in [2.05, 4.69) is 107 Å². The zero-order chi connectivity index (χ0) is 27.6. The van der Waals surface area contributed by atoms with Crippen molar-refractivity contribution >= 4 is 17.6 Å². The fourth-order valence-electron chi connectivity index (χ4n) is 6.53. The molecule has 2 nitrogen and oxygen atoms in total. The average Bonchev–Trinajstić information content (AvgIpc) is 3.75. The molecule has 2 aromatic carbocycles. The van der Waals surface area contributed by atoms with E-state index in [9.17, 15) is 9.90 Å². The quantitative estimate of drug-likeness (QED) is 0.327. The molecule has 2 aliphatic rings. The Hall–Kier alpha value is -2.87. The Bertz CT molecular complexity index is 1240. The van der Waals surface area contributed by atoms with Gasteiger partial charge in [0.1, 0.15) is 0 Å². The minimum Gasteiger partial charge on any atom is -0.481 e. The number of rotatable bonds is 11. The van der Waals surface area contributed by atoms with Gasteiger partial charge in [-0.25, -0.2) is 0 Å². The number of carboxylic acids is 1. The molecule has 1 saturated carbocycles. The van der Waals surface area contributed by atoms with Crippen LogP contribution in [0.15, 0.2) is 66.8 Å². The fourth-order valence-corrected chi connectivity index (χ4v) is 6.53. The molecule has 2 unspecified atom stereocenters. The molecule has 0 spiro atoms. The smallest absolute Gasteiger partial charge is 0.304 e. The van der Waals surface area contributed by atoms with E-state index >= 15 is 0 Å². The maximum absolute atomic E-state index is 11.4. The summed E-state index contributed by atoms with van der Waals surface area (Å²) in [6, 6.07) is 16.1. The second kappa shape index (κ2) is 11.1. The molecule has 0 amide bonds. The van der Waals surface area contributed by atoms with Crippen LogP contribution in [0.3, 0.4) is 0 Å². The van der Waals surface area contributed by atoms with E-state index in [0.717, 1.165) is 36.3 Å². The Morgan fingerprint density at radius 1 is 1.03 bits per heavy atom. The summed E-state index contributed by atoms with van der Waals surface area (Å²) >= 11 is 0. The summed E-state index contributed by atoms with van der Waals surface area (Å²) < 4.78 is 0. The zero-order valence-electron chi connectivity index (χ0n) is 24.3. The number of carbonyl (C=O) groups is 1. The first-order chi connectivity index (χ1) is 18.1. The van der Waals surface area contributed by atoms with Gasteiger partial charge >= 0.3 is 5.97 Å². The van der Waals surface area contributed by atoms with E-state index < -0.39 is 5.97 Å². The van der Waals surface area contributed by atoms with E-state index in [4.69, 9.17) is 0 Å². The van der Waals surface area contributed by atoms with Crippen LogP contribution in [0.1, 0.15) is 107 Å². The van der Waals surface area contributed by atoms with Gasteiger partial charge in [0.25, 0.3) is 0 Å². The predicted octanol–water partition coefficient (Wildman–Crippen LogP) is 9.76. The first kappa shape index (κ1) is 28.1. The molecule has 1 fully saturated rings. The SMILES string of the molecule is CCC(CC)(c1ccc(C2=CC(C)(CC(=O)O)CC=C2)cc1)c1ccc(/C=C/C(C)(CC)C2CC2)c(C)c1. The topological polar surface area (TPSA) is 37.3 Å². The van der Waals surface area contributed by atoms with E-state index in [0.29, 0.717) is 5.41 Å². The second-order valence-electron chi connectivity index (χ2n) is 12.3. The molecule has 0 aliphatic heterocycles. The highest BCUT2D eigenvalue weighted by Gasteiger charge is 2.38. The molecule has 2 aliphatic carbocycles. The van der Waals surface area contributed by atoms with Crippen LogP contribution >= 0.6 is 0 Å². The van der Waals surface area contributed by atoms with Gasteiger partial charge in [0, 0.05) is 10.8 Å². The van der Waals surface area contributed by atoms with Crippen molar-refractivity contribution in [2.45, 2.75) is 91.9 Å². The number of hydrogen-bond acceptors (Lipinski definition) is 1. The Labute approximate surface area is 230 Å². The van der Waals surface area contributed by atoms with Gasteiger partial charge in [-0.05, 0) is 90.2 Å². The molecule has 0 saturated heterocycles. The van der Waals surface area contributed by atoms with E-state index in [1.54, 1.807) is 0 Å². The molecular formula is C36H46O2. The van der Waals surface area contributed by atoms with Crippen LogP contribution in [0, 0.1) is 23.7 Å². The van der Waals surface area contributed by atoms with E-state index in [1.165, 1.54) is 41.5 Å². The van der Waals surface area contributed by atoms with Gasteiger partial charge in [0.15, 0.2) is 0 Å². The van der Waals surface area contributed by atoms with E-state index in [-0.39, 0.29) is 17.3 Å². The Morgan fingerprint density at radius 3 is 2.24 bits per heavy atom. The van der Waals surface area contributed by atoms with Gasteiger partial charge in [-0.1, -0.05) is 107 Å². The largest absolute Gasteiger partial charge is 0.481 e. The minimum absolute atomic E-state index is 0.0356. The standard InChI is InChI=1S/C36H46O2/c1-7-35(6,30-18-19-30)22-20-27-12-17-32(23-26(27)4)36(8-2,9-3)31-15-13-28(14-16-31)29-11-10-21-34(5,24-29)25-33(37)38/h10-17,20,22-24,30H,7-9,18-19,21,25H2,1-6H3,(H,37,38)/b22-20+. The highest BCUT2D eigenvalue weighted by Crippen LogP contribution is 2.49. The molecular weight excluding hydrogens is 464 g/mol. The normalized spacial score (nSPS) is 21.4. The second-order valence-corrected chi connectivity index (χ2v) is 12.3. The molecule has 202 valence electrons. The molecule has 4 rings (SSSR count). The van der Waals surface area contributed by atoms with E-state index in [1.807, 2.05) is 6.92 Å². The van der Waals surface area contributed by atoms with Crippen LogP contribution in [0.4, 0.5) is 0 Å². The van der Waals surface area contributed by atoms with Crippen LogP contribution in [-0.4, -0.2) is 11.1 Å². The maximum Gasteiger partial charge on any atom is 0.304 e. The number of benzene rings is 2. The fraction of sp³-hybridized carbons (Fsp3) is 0.472. The average molecular weight is 511 g/mol. The molecule has 0 radical (unpaired) electrons. The summed E-state index contributed by atoms with van der Waals surface area (Å²) in [5, 5.41) is 9.36. The summed E-state index contributed by atoms with van der Waals surface area (Å²) in [5.41, 5.74) is 7.59.